The summed E-state index contributed by atoms with van der Waals surface area (Å²) in [5.74, 6) is 0.423. The summed E-state index contributed by atoms with van der Waals surface area (Å²) in [6, 6.07) is 4.14. The summed E-state index contributed by atoms with van der Waals surface area (Å²) >= 11 is 0. The lowest BCUT2D eigenvalue weighted by atomic mass is 9.78. The number of hydrogen-bond donors (Lipinski definition) is 1. The predicted octanol–water partition coefficient (Wildman–Crippen LogP) is 4.69. The number of phenolic OH excluding ortho intramolecular Hbond substituents is 1. The van der Waals surface area contributed by atoms with Gasteiger partial charge >= 0.3 is 0 Å². The van der Waals surface area contributed by atoms with Crippen molar-refractivity contribution in [3.05, 3.63) is 28.8 Å². The average Bonchev–Trinajstić information content (AvgIpc) is 2.25. The van der Waals surface area contributed by atoms with Gasteiger partial charge in [-0.15, -0.1) is 0 Å². The van der Waals surface area contributed by atoms with E-state index in [1.165, 1.54) is 0 Å². The molecule has 0 aliphatic rings. The standard InChI is InChI=1S/C17H28O2/c1-11(19-8)12-9-13(16(2,3)4)15(18)14(10-12)17(5,6)7/h9-11,18H,1-8H3. The molecule has 0 spiro atoms. The molecule has 1 aromatic carbocycles. The maximum absolute atomic E-state index is 10.6. The van der Waals surface area contributed by atoms with Crippen LogP contribution >= 0.6 is 0 Å². The van der Waals surface area contributed by atoms with Gasteiger partial charge in [-0.25, -0.2) is 0 Å². The fraction of sp³-hybridized carbons (Fsp3) is 0.647. The molecule has 0 aromatic heterocycles. The molecule has 2 nitrogen and oxygen atoms in total. The van der Waals surface area contributed by atoms with Crippen LogP contribution < -0.4 is 0 Å². The zero-order chi connectivity index (χ0) is 15.0. The van der Waals surface area contributed by atoms with E-state index < -0.39 is 0 Å². The normalized spacial score (nSPS) is 14.5. The monoisotopic (exact) mass is 264 g/mol. The highest BCUT2D eigenvalue weighted by molar-refractivity contribution is 5.50. The number of benzene rings is 1. The molecule has 0 amide bonds. The molecule has 108 valence electrons. The van der Waals surface area contributed by atoms with Crippen LogP contribution in [0, 0.1) is 0 Å². The van der Waals surface area contributed by atoms with Crippen molar-refractivity contribution in [1.82, 2.24) is 0 Å². The van der Waals surface area contributed by atoms with Crippen molar-refractivity contribution in [3.8, 4) is 5.75 Å². The Morgan fingerprint density at radius 1 is 0.947 bits per heavy atom. The third-order valence-electron chi connectivity index (χ3n) is 3.57. The molecular formula is C17H28O2. The molecular weight excluding hydrogens is 236 g/mol. The van der Waals surface area contributed by atoms with Crippen molar-refractivity contribution in [3.63, 3.8) is 0 Å². The van der Waals surface area contributed by atoms with Crippen LogP contribution in [-0.2, 0) is 15.6 Å². The number of ether oxygens (including phenoxy) is 1. The summed E-state index contributed by atoms with van der Waals surface area (Å²) in [5, 5.41) is 10.6. The van der Waals surface area contributed by atoms with Crippen LogP contribution in [0.5, 0.6) is 5.75 Å². The zero-order valence-corrected chi connectivity index (χ0v) is 13.6. The van der Waals surface area contributed by atoms with Crippen LogP contribution in [0.4, 0.5) is 0 Å². The third-order valence-corrected chi connectivity index (χ3v) is 3.57. The molecule has 19 heavy (non-hydrogen) atoms. The lowest BCUT2D eigenvalue weighted by Crippen LogP contribution is -2.18. The van der Waals surface area contributed by atoms with E-state index in [9.17, 15) is 5.11 Å². The van der Waals surface area contributed by atoms with E-state index in [4.69, 9.17) is 4.74 Å². The van der Waals surface area contributed by atoms with Gasteiger partial charge in [0.05, 0.1) is 6.10 Å². The highest BCUT2D eigenvalue weighted by Gasteiger charge is 2.27. The molecule has 0 aliphatic carbocycles. The summed E-state index contributed by atoms with van der Waals surface area (Å²) in [6.45, 7) is 14.8. The molecule has 0 saturated heterocycles. The first-order valence-electron chi connectivity index (χ1n) is 6.89. The molecule has 1 atom stereocenters. The quantitative estimate of drug-likeness (QED) is 0.839. The van der Waals surface area contributed by atoms with Crippen LogP contribution in [0.25, 0.3) is 0 Å². The van der Waals surface area contributed by atoms with Gasteiger partial charge in [-0.2, -0.15) is 0 Å². The van der Waals surface area contributed by atoms with E-state index in [1.807, 2.05) is 6.92 Å². The fourth-order valence-electron chi connectivity index (χ4n) is 2.17. The Kier molecular flexibility index (Phi) is 4.36. The Labute approximate surface area is 117 Å². The average molecular weight is 264 g/mol. The third kappa shape index (κ3) is 3.50. The number of phenols is 1. The first-order chi connectivity index (χ1) is 8.48. The highest BCUT2D eigenvalue weighted by atomic mass is 16.5. The van der Waals surface area contributed by atoms with E-state index >= 15 is 0 Å². The summed E-state index contributed by atoms with van der Waals surface area (Å²) in [4.78, 5) is 0. The first kappa shape index (κ1) is 16.0. The minimum absolute atomic E-state index is 0.0304. The van der Waals surface area contributed by atoms with Gasteiger partial charge in [0.1, 0.15) is 5.75 Å². The second kappa shape index (κ2) is 5.16. The van der Waals surface area contributed by atoms with Crippen LogP contribution in [0.2, 0.25) is 0 Å². The summed E-state index contributed by atoms with van der Waals surface area (Å²) < 4.78 is 5.43. The molecule has 0 bridgehead atoms. The smallest absolute Gasteiger partial charge is 0.123 e. The number of aromatic hydroxyl groups is 1. The van der Waals surface area contributed by atoms with Gasteiger partial charge in [-0.3, -0.25) is 0 Å². The highest BCUT2D eigenvalue weighted by Crippen LogP contribution is 2.41. The van der Waals surface area contributed by atoms with Crippen molar-refractivity contribution in [2.24, 2.45) is 0 Å². The summed E-state index contributed by atoms with van der Waals surface area (Å²) in [6.07, 6.45) is 0.0304. The van der Waals surface area contributed by atoms with Gasteiger partial charge in [-0.1, -0.05) is 41.5 Å². The van der Waals surface area contributed by atoms with E-state index in [2.05, 4.69) is 53.7 Å². The Morgan fingerprint density at radius 2 is 1.32 bits per heavy atom. The van der Waals surface area contributed by atoms with Crippen LogP contribution in [0.1, 0.15) is 71.3 Å². The predicted molar refractivity (Wildman–Crippen MR) is 80.9 cm³/mol. The van der Waals surface area contributed by atoms with Gasteiger partial charge in [0, 0.05) is 7.11 Å². The maximum Gasteiger partial charge on any atom is 0.123 e. The van der Waals surface area contributed by atoms with Gasteiger partial charge in [0.15, 0.2) is 0 Å². The van der Waals surface area contributed by atoms with Crippen molar-refractivity contribution in [2.75, 3.05) is 7.11 Å². The molecule has 0 saturated carbocycles. The number of hydrogen-bond acceptors (Lipinski definition) is 2. The Bertz CT molecular complexity index is 412. The Hall–Kier alpha value is -1.02. The SMILES string of the molecule is COC(C)c1cc(C(C)(C)C)c(O)c(C(C)(C)C)c1. The van der Waals surface area contributed by atoms with E-state index in [-0.39, 0.29) is 16.9 Å². The van der Waals surface area contributed by atoms with Crippen LogP contribution in [-0.4, -0.2) is 12.2 Å². The molecule has 0 aliphatic heterocycles. The summed E-state index contributed by atoms with van der Waals surface area (Å²) in [5.41, 5.74) is 2.91. The summed E-state index contributed by atoms with van der Waals surface area (Å²) in [7, 11) is 1.71. The largest absolute Gasteiger partial charge is 0.507 e. The first-order valence-corrected chi connectivity index (χ1v) is 6.89. The van der Waals surface area contributed by atoms with Crippen molar-refractivity contribution in [2.45, 2.75) is 65.4 Å². The van der Waals surface area contributed by atoms with Gasteiger partial charge < -0.3 is 9.84 Å². The van der Waals surface area contributed by atoms with Crippen molar-refractivity contribution in [1.29, 1.82) is 0 Å². The molecule has 1 aromatic rings. The zero-order valence-electron chi connectivity index (χ0n) is 13.6. The van der Waals surface area contributed by atoms with Crippen LogP contribution in [0.3, 0.4) is 0 Å². The molecule has 1 N–H and O–H groups in total. The van der Waals surface area contributed by atoms with Gasteiger partial charge in [0.25, 0.3) is 0 Å². The Morgan fingerprint density at radius 3 is 1.58 bits per heavy atom. The van der Waals surface area contributed by atoms with Gasteiger partial charge in [-0.05, 0) is 46.6 Å². The number of methoxy groups -OCH3 is 1. The fourth-order valence-corrected chi connectivity index (χ4v) is 2.17. The molecule has 2 heteroatoms. The molecule has 0 fully saturated rings. The topological polar surface area (TPSA) is 29.5 Å². The lowest BCUT2D eigenvalue weighted by molar-refractivity contribution is 0.119. The van der Waals surface area contributed by atoms with Gasteiger partial charge in [0.2, 0.25) is 0 Å². The second-order valence-electron chi connectivity index (χ2n) is 7.34. The maximum atomic E-state index is 10.6. The van der Waals surface area contributed by atoms with Crippen LogP contribution in [0.15, 0.2) is 12.1 Å². The molecule has 0 heterocycles. The van der Waals surface area contributed by atoms with E-state index in [0.29, 0.717) is 5.75 Å². The van der Waals surface area contributed by atoms with E-state index in [0.717, 1.165) is 16.7 Å². The lowest BCUT2D eigenvalue weighted by Gasteiger charge is -2.29. The van der Waals surface area contributed by atoms with Crippen molar-refractivity contribution >= 4 is 0 Å². The second-order valence-corrected chi connectivity index (χ2v) is 7.34. The molecule has 0 radical (unpaired) electrons. The van der Waals surface area contributed by atoms with E-state index in [1.54, 1.807) is 7.11 Å². The molecule has 1 unspecified atom stereocenters. The minimum Gasteiger partial charge on any atom is -0.507 e. The molecule has 1 rings (SSSR count). The minimum atomic E-state index is -0.0897. The van der Waals surface area contributed by atoms with Crippen molar-refractivity contribution < 1.29 is 9.84 Å². The number of rotatable bonds is 2. The Balaban J connectivity index is 3.57.